The first-order valence-corrected chi connectivity index (χ1v) is 8.67. The van der Waals surface area contributed by atoms with E-state index in [4.69, 9.17) is 4.74 Å². The maximum absolute atomic E-state index is 13.2. The van der Waals surface area contributed by atoms with Crippen molar-refractivity contribution in [2.24, 2.45) is 0 Å². The lowest BCUT2D eigenvalue weighted by Gasteiger charge is -2.30. The van der Waals surface area contributed by atoms with Gasteiger partial charge in [-0.2, -0.15) is 4.48 Å². The van der Waals surface area contributed by atoms with Gasteiger partial charge in [0.15, 0.2) is 5.69 Å². The molecule has 144 valence electrons. The summed E-state index contributed by atoms with van der Waals surface area (Å²) >= 11 is 0. The molecule has 0 saturated heterocycles. The molecule has 1 aliphatic heterocycles. The number of carbonyl (C=O) groups excluding carboxylic acids is 4. The van der Waals surface area contributed by atoms with Gasteiger partial charge in [0.05, 0.1) is 17.1 Å². The summed E-state index contributed by atoms with van der Waals surface area (Å²) < 4.78 is 4.20. The van der Waals surface area contributed by atoms with Crippen LogP contribution < -0.4 is 9.59 Å². The second-order valence-corrected chi connectivity index (χ2v) is 7.51. The van der Waals surface area contributed by atoms with Crippen LogP contribution in [0.3, 0.4) is 0 Å². The van der Waals surface area contributed by atoms with E-state index in [2.05, 4.69) is 0 Å². The highest BCUT2D eigenvalue weighted by Crippen LogP contribution is 2.38. The summed E-state index contributed by atoms with van der Waals surface area (Å²) in [5, 5.41) is 11.5. The van der Waals surface area contributed by atoms with E-state index >= 15 is 0 Å². The Bertz CT molecular complexity index is 967. The van der Waals surface area contributed by atoms with Gasteiger partial charge in [-0.3, -0.25) is 0 Å². The number of carbonyl (C=O) groups is 4. The van der Waals surface area contributed by atoms with E-state index < -0.39 is 40.4 Å². The first-order chi connectivity index (χ1) is 13.1. The maximum atomic E-state index is 13.2. The smallest absolute Gasteiger partial charge is 0.359 e. The van der Waals surface area contributed by atoms with E-state index in [1.54, 1.807) is 39.0 Å². The zero-order chi connectivity index (χ0) is 20.7. The molecule has 0 unspecified atom stereocenters. The van der Waals surface area contributed by atoms with E-state index in [1.807, 2.05) is 0 Å². The Morgan fingerprint density at radius 3 is 1.93 bits per heavy atom. The topological polar surface area (TPSA) is 101 Å². The minimum absolute atomic E-state index is 0.0480. The molecule has 0 saturated carbocycles. The Morgan fingerprint density at radius 1 is 0.929 bits per heavy atom. The highest BCUT2D eigenvalue weighted by atomic mass is 16.6. The van der Waals surface area contributed by atoms with Crippen molar-refractivity contribution in [1.82, 2.24) is 4.48 Å². The number of hydrogen-bond acceptors (Lipinski definition) is 6. The van der Waals surface area contributed by atoms with E-state index in [0.717, 1.165) is 0 Å². The van der Waals surface area contributed by atoms with Crippen LogP contribution in [0.1, 0.15) is 51.8 Å². The number of fused-ring (bicyclic) bond motifs is 1. The van der Waals surface area contributed by atoms with Crippen LogP contribution in [-0.2, 0) is 9.53 Å². The molecule has 2 aromatic carbocycles. The average Bonchev–Trinajstić information content (AvgIpc) is 2.83. The lowest BCUT2D eigenvalue weighted by Crippen LogP contribution is -2.60. The second kappa shape index (κ2) is 6.69. The summed E-state index contributed by atoms with van der Waals surface area (Å²) in [5.74, 6) is -3.79. The number of rotatable bonds is 4. The molecule has 0 radical (unpaired) electrons. The van der Waals surface area contributed by atoms with Gasteiger partial charge in [0.1, 0.15) is 17.7 Å². The molecular weight excluding hydrogens is 362 g/mol. The van der Waals surface area contributed by atoms with Crippen LogP contribution in [0, 0.1) is 0 Å². The van der Waals surface area contributed by atoms with Crippen LogP contribution in [0.15, 0.2) is 48.5 Å². The summed E-state index contributed by atoms with van der Waals surface area (Å²) in [7, 11) is 0. The van der Waals surface area contributed by atoms with Crippen molar-refractivity contribution in [1.29, 1.82) is 0 Å². The van der Waals surface area contributed by atoms with Crippen LogP contribution in [0.2, 0.25) is 0 Å². The zero-order valence-electron chi connectivity index (χ0n) is 15.7. The van der Waals surface area contributed by atoms with Gasteiger partial charge in [0, 0.05) is 6.07 Å². The van der Waals surface area contributed by atoms with E-state index in [1.165, 1.54) is 30.3 Å². The van der Waals surface area contributed by atoms with Crippen molar-refractivity contribution < 1.29 is 29.0 Å². The minimum atomic E-state index is -1.59. The highest BCUT2D eigenvalue weighted by molar-refractivity contribution is 6.31. The summed E-state index contributed by atoms with van der Waals surface area (Å²) in [6.45, 7) is 4.12. The third kappa shape index (κ3) is 3.10. The molecule has 0 aliphatic carbocycles. The Kier molecular flexibility index (Phi) is 4.64. The van der Waals surface area contributed by atoms with Gasteiger partial charge in [-0.1, -0.05) is 24.3 Å². The molecule has 0 spiro atoms. The lowest BCUT2D eigenvalue weighted by atomic mass is 10.1. The van der Waals surface area contributed by atoms with Gasteiger partial charge in [-0.05, 0) is 39.0 Å². The second-order valence-electron chi connectivity index (χ2n) is 7.51. The SMILES string of the molecule is CC(C)(C)OC(=O)c1ccccc1[N+]1(CC(=O)[O-])C(=O)c2ccccc2C1=O. The number of benzene rings is 2. The van der Waals surface area contributed by atoms with Crippen LogP contribution >= 0.6 is 0 Å². The van der Waals surface area contributed by atoms with Crippen molar-refractivity contribution in [2.45, 2.75) is 26.4 Å². The molecular formula is C21H19NO6. The molecule has 3 rings (SSSR count). The normalized spacial score (nSPS) is 15.2. The van der Waals surface area contributed by atoms with E-state index in [-0.39, 0.29) is 22.4 Å². The number of ether oxygens (including phenoxy) is 1. The monoisotopic (exact) mass is 381 g/mol. The van der Waals surface area contributed by atoms with Crippen LogP contribution in [0.25, 0.3) is 0 Å². The first kappa shape index (κ1) is 19.4. The average molecular weight is 381 g/mol. The number of carboxylic acids is 1. The van der Waals surface area contributed by atoms with Gasteiger partial charge >= 0.3 is 17.8 Å². The molecule has 0 bridgehead atoms. The Morgan fingerprint density at radius 2 is 1.43 bits per heavy atom. The molecule has 7 heteroatoms. The van der Waals surface area contributed by atoms with E-state index in [0.29, 0.717) is 0 Å². The molecule has 0 aromatic heterocycles. The molecule has 1 aliphatic rings. The molecule has 0 N–H and O–H groups in total. The summed E-state index contributed by atoms with van der Waals surface area (Å²) in [6.07, 6.45) is 0. The quantitative estimate of drug-likeness (QED) is 0.454. The number of esters is 1. The number of nitrogens with zero attached hydrogens (tertiary/aromatic N) is 1. The fourth-order valence-electron chi connectivity index (χ4n) is 3.31. The number of quaternary nitrogens is 1. The van der Waals surface area contributed by atoms with Gasteiger partial charge in [0.25, 0.3) is 0 Å². The van der Waals surface area contributed by atoms with Crippen molar-refractivity contribution >= 4 is 29.4 Å². The van der Waals surface area contributed by atoms with Crippen LogP contribution in [0.5, 0.6) is 0 Å². The van der Waals surface area contributed by atoms with Gasteiger partial charge in [-0.25, -0.2) is 14.4 Å². The zero-order valence-corrected chi connectivity index (χ0v) is 15.7. The lowest BCUT2D eigenvalue weighted by molar-refractivity contribution is -0.305. The largest absolute Gasteiger partial charge is 0.544 e. The predicted molar refractivity (Wildman–Crippen MR) is 98.4 cm³/mol. The molecule has 0 atom stereocenters. The maximum Gasteiger partial charge on any atom is 0.359 e. The van der Waals surface area contributed by atoms with Crippen molar-refractivity contribution in [3.05, 3.63) is 65.2 Å². The van der Waals surface area contributed by atoms with Gasteiger partial charge in [0.2, 0.25) is 0 Å². The molecule has 2 aromatic rings. The van der Waals surface area contributed by atoms with Crippen LogP contribution in [0.4, 0.5) is 5.69 Å². The van der Waals surface area contributed by atoms with Crippen LogP contribution in [-0.4, -0.2) is 35.9 Å². The van der Waals surface area contributed by atoms with Gasteiger partial charge in [-0.15, -0.1) is 0 Å². The third-order valence-electron chi connectivity index (χ3n) is 4.38. The number of para-hydroxylation sites is 1. The highest BCUT2D eigenvalue weighted by Gasteiger charge is 2.57. The molecule has 2 amide bonds. The fraction of sp³-hybridized carbons (Fsp3) is 0.238. The number of imide groups is 1. The van der Waals surface area contributed by atoms with Crippen molar-refractivity contribution in [3.63, 3.8) is 0 Å². The van der Waals surface area contributed by atoms with Crippen molar-refractivity contribution in [2.75, 3.05) is 6.54 Å². The molecule has 7 nitrogen and oxygen atoms in total. The predicted octanol–water partition coefficient (Wildman–Crippen LogP) is 1.69. The fourth-order valence-corrected chi connectivity index (χ4v) is 3.31. The molecule has 1 heterocycles. The number of amides is 2. The summed E-state index contributed by atoms with van der Waals surface area (Å²) in [4.78, 5) is 50.7. The Labute approximate surface area is 161 Å². The van der Waals surface area contributed by atoms with Gasteiger partial charge < -0.3 is 14.6 Å². The number of carboxylic acid groups (broad SMARTS) is 1. The standard InChI is InChI=1S/C21H19NO6/c1-21(2,3)28-20(27)15-10-6-7-11-16(15)22(12-17(23)24)18(25)13-8-4-5-9-14(13)19(22)26/h4-11H,12H2,1-3H3. The third-order valence-corrected chi connectivity index (χ3v) is 4.38. The molecule has 0 fully saturated rings. The summed E-state index contributed by atoms with van der Waals surface area (Å²) in [6, 6.07) is 12.0. The van der Waals surface area contributed by atoms with E-state index in [9.17, 15) is 24.3 Å². The summed E-state index contributed by atoms with van der Waals surface area (Å²) in [5.41, 5.74) is -0.702. The van der Waals surface area contributed by atoms with Crippen molar-refractivity contribution in [3.8, 4) is 0 Å². The first-order valence-electron chi connectivity index (χ1n) is 8.67. The molecule has 28 heavy (non-hydrogen) atoms. The minimum Gasteiger partial charge on any atom is -0.544 e. The number of hydrogen-bond donors (Lipinski definition) is 0. The Balaban J connectivity index is 2.24. The number of aliphatic carboxylic acids is 1. The Hall–Kier alpha value is -3.32.